The highest BCUT2D eigenvalue weighted by Crippen LogP contribution is 2.35. The number of ether oxygens (including phenoxy) is 1. The predicted molar refractivity (Wildman–Crippen MR) is 94.5 cm³/mol. The predicted octanol–water partition coefficient (Wildman–Crippen LogP) is 2.25. The Morgan fingerprint density at radius 3 is 2.64 bits per heavy atom. The first-order valence-electron chi connectivity index (χ1n) is 8.50. The van der Waals surface area contributed by atoms with Crippen LogP contribution in [0.4, 0.5) is 5.69 Å². The Labute approximate surface area is 146 Å². The largest absolute Gasteiger partial charge is 0.486 e. The van der Waals surface area contributed by atoms with Gasteiger partial charge in [0.15, 0.2) is 0 Å². The van der Waals surface area contributed by atoms with E-state index in [1.807, 2.05) is 54.6 Å². The molecule has 5 heteroatoms. The highest BCUT2D eigenvalue weighted by atomic mass is 16.5. The molecule has 2 aliphatic rings. The number of likely N-dealkylation sites (tertiary alicyclic amines) is 1. The third kappa shape index (κ3) is 2.86. The smallest absolute Gasteiger partial charge is 0.249 e. The van der Waals surface area contributed by atoms with Crippen LogP contribution < -0.4 is 9.64 Å². The highest BCUT2D eigenvalue weighted by Gasteiger charge is 2.43. The highest BCUT2D eigenvalue weighted by molar-refractivity contribution is 6.00. The minimum Gasteiger partial charge on any atom is -0.486 e. The molecule has 25 heavy (non-hydrogen) atoms. The first-order chi connectivity index (χ1) is 12.1. The van der Waals surface area contributed by atoms with Gasteiger partial charge in [-0.15, -0.1) is 0 Å². The van der Waals surface area contributed by atoms with Crippen LogP contribution in [0.1, 0.15) is 12.0 Å². The zero-order valence-corrected chi connectivity index (χ0v) is 14.1. The third-order valence-corrected chi connectivity index (χ3v) is 4.92. The number of para-hydroxylation sites is 2. The summed E-state index contributed by atoms with van der Waals surface area (Å²) in [5.74, 6) is 0.605. The van der Waals surface area contributed by atoms with Crippen molar-refractivity contribution in [3.05, 3.63) is 60.2 Å². The van der Waals surface area contributed by atoms with Crippen molar-refractivity contribution in [1.29, 1.82) is 0 Å². The minimum absolute atomic E-state index is 0.0324. The topological polar surface area (TPSA) is 49.9 Å². The number of carbonyl (C=O) groups is 2. The van der Waals surface area contributed by atoms with Crippen molar-refractivity contribution in [3.63, 3.8) is 0 Å². The van der Waals surface area contributed by atoms with E-state index in [2.05, 4.69) is 0 Å². The maximum Gasteiger partial charge on any atom is 0.249 e. The Hall–Kier alpha value is -2.82. The van der Waals surface area contributed by atoms with Crippen molar-refractivity contribution in [3.8, 4) is 5.75 Å². The van der Waals surface area contributed by atoms with E-state index in [0.29, 0.717) is 25.1 Å². The molecular formula is C20H20N2O3. The number of hydrogen-bond donors (Lipinski definition) is 0. The molecule has 4 rings (SSSR count). The molecule has 128 valence electrons. The van der Waals surface area contributed by atoms with Gasteiger partial charge in [-0.3, -0.25) is 9.59 Å². The first-order valence-corrected chi connectivity index (χ1v) is 8.50. The molecule has 2 aliphatic heterocycles. The third-order valence-electron chi connectivity index (χ3n) is 4.92. The lowest BCUT2D eigenvalue weighted by atomic mass is 10.1. The maximum atomic E-state index is 13.0. The van der Waals surface area contributed by atoms with Crippen LogP contribution in [-0.2, 0) is 16.0 Å². The molecule has 1 fully saturated rings. The number of carbonyl (C=O) groups excluding carboxylic acids is 2. The monoisotopic (exact) mass is 336 g/mol. The summed E-state index contributed by atoms with van der Waals surface area (Å²) < 4.78 is 6.09. The van der Waals surface area contributed by atoms with E-state index in [4.69, 9.17) is 4.74 Å². The van der Waals surface area contributed by atoms with Crippen molar-refractivity contribution in [2.45, 2.75) is 25.0 Å². The van der Waals surface area contributed by atoms with E-state index >= 15 is 0 Å². The van der Waals surface area contributed by atoms with Gasteiger partial charge in [-0.1, -0.05) is 42.5 Å². The molecule has 2 amide bonds. The van der Waals surface area contributed by atoms with Crippen LogP contribution in [0.25, 0.3) is 0 Å². The zero-order valence-electron chi connectivity index (χ0n) is 14.1. The number of fused-ring (bicyclic) bond motifs is 3. The molecule has 2 bridgehead atoms. The molecule has 0 aromatic heterocycles. The fraction of sp³-hybridized carbons (Fsp3) is 0.300. The van der Waals surface area contributed by atoms with Gasteiger partial charge < -0.3 is 14.5 Å². The quantitative estimate of drug-likeness (QED) is 0.845. The van der Waals surface area contributed by atoms with Gasteiger partial charge in [-0.25, -0.2) is 0 Å². The molecule has 0 saturated carbocycles. The van der Waals surface area contributed by atoms with Crippen LogP contribution in [0.15, 0.2) is 54.6 Å². The van der Waals surface area contributed by atoms with Crippen LogP contribution in [0, 0.1) is 0 Å². The van der Waals surface area contributed by atoms with Gasteiger partial charge in [-0.05, 0) is 17.7 Å². The van der Waals surface area contributed by atoms with Crippen LogP contribution in [0.2, 0.25) is 0 Å². The van der Waals surface area contributed by atoms with Gasteiger partial charge >= 0.3 is 0 Å². The Kier molecular flexibility index (Phi) is 3.92. The molecule has 2 atom stereocenters. The zero-order chi connectivity index (χ0) is 17.4. The summed E-state index contributed by atoms with van der Waals surface area (Å²) in [5.41, 5.74) is 1.70. The molecule has 0 spiro atoms. The second-order valence-corrected chi connectivity index (χ2v) is 6.56. The lowest BCUT2D eigenvalue weighted by Gasteiger charge is -2.29. The number of amides is 2. The van der Waals surface area contributed by atoms with E-state index in [1.165, 1.54) is 0 Å². The maximum absolute atomic E-state index is 13.0. The molecular weight excluding hydrogens is 316 g/mol. The second-order valence-electron chi connectivity index (χ2n) is 6.56. The molecule has 0 radical (unpaired) electrons. The summed E-state index contributed by atoms with van der Waals surface area (Å²) in [6.45, 7) is 0.449. The molecule has 2 aromatic rings. The van der Waals surface area contributed by atoms with E-state index in [-0.39, 0.29) is 17.9 Å². The Morgan fingerprint density at radius 2 is 1.84 bits per heavy atom. The fourth-order valence-corrected chi connectivity index (χ4v) is 3.62. The van der Waals surface area contributed by atoms with E-state index in [9.17, 15) is 9.59 Å². The second kappa shape index (κ2) is 6.24. The molecule has 2 unspecified atom stereocenters. The number of likely N-dealkylation sites (N-methyl/N-ethyl adjacent to an activating group) is 1. The lowest BCUT2D eigenvalue weighted by molar-refractivity contribution is -0.136. The Balaban J connectivity index is 1.60. The normalized spacial score (nSPS) is 22.0. The number of hydrogen-bond acceptors (Lipinski definition) is 3. The summed E-state index contributed by atoms with van der Waals surface area (Å²) in [6, 6.07) is 16.7. The van der Waals surface area contributed by atoms with Crippen LogP contribution in [0.3, 0.4) is 0 Å². The Morgan fingerprint density at radius 1 is 1.12 bits per heavy atom. The summed E-state index contributed by atoms with van der Waals surface area (Å²) in [7, 11) is 1.74. The van der Waals surface area contributed by atoms with E-state index < -0.39 is 6.04 Å². The van der Waals surface area contributed by atoms with Crippen molar-refractivity contribution in [2.24, 2.45) is 0 Å². The molecule has 2 aromatic carbocycles. The number of rotatable bonds is 2. The summed E-state index contributed by atoms with van der Waals surface area (Å²) in [5, 5.41) is 0. The van der Waals surface area contributed by atoms with E-state index in [0.717, 1.165) is 11.3 Å². The molecule has 2 heterocycles. The number of benzene rings is 2. The van der Waals surface area contributed by atoms with Crippen LogP contribution in [-0.4, -0.2) is 42.5 Å². The van der Waals surface area contributed by atoms with Gasteiger partial charge in [0.25, 0.3) is 0 Å². The van der Waals surface area contributed by atoms with Crippen LogP contribution in [0.5, 0.6) is 5.75 Å². The first kappa shape index (κ1) is 15.7. The summed E-state index contributed by atoms with van der Waals surface area (Å²) >= 11 is 0. The lowest BCUT2D eigenvalue weighted by Crippen LogP contribution is -2.47. The van der Waals surface area contributed by atoms with Crippen LogP contribution >= 0.6 is 0 Å². The molecule has 0 aliphatic carbocycles. The minimum atomic E-state index is -0.459. The van der Waals surface area contributed by atoms with Crippen molar-refractivity contribution >= 4 is 17.5 Å². The van der Waals surface area contributed by atoms with Gasteiger partial charge in [0.2, 0.25) is 11.8 Å². The van der Waals surface area contributed by atoms with Crippen molar-refractivity contribution in [2.75, 3.05) is 18.5 Å². The molecule has 1 saturated heterocycles. The summed E-state index contributed by atoms with van der Waals surface area (Å²) in [4.78, 5) is 29.1. The average molecular weight is 336 g/mol. The average Bonchev–Trinajstić information content (AvgIpc) is 3.06. The molecule has 5 nitrogen and oxygen atoms in total. The van der Waals surface area contributed by atoms with Gasteiger partial charge in [0.1, 0.15) is 17.9 Å². The summed E-state index contributed by atoms with van der Waals surface area (Å²) in [6.07, 6.45) is 0.690. The number of nitrogens with zero attached hydrogens (tertiary/aromatic N) is 2. The van der Waals surface area contributed by atoms with Crippen molar-refractivity contribution < 1.29 is 14.3 Å². The fourth-order valence-electron chi connectivity index (χ4n) is 3.62. The Bertz CT molecular complexity index is 806. The standard InChI is InChI=1S/C20H20N2O3/c1-21-16-9-5-6-10-18(16)25-15-12-17(20(21)24)22(13-15)19(23)11-14-7-3-2-4-8-14/h2-10,15,17H,11-13H2,1H3. The van der Waals surface area contributed by atoms with E-state index in [1.54, 1.807) is 16.8 Å². The SMILES string of the molecule is CN1C(=O)C2CC(CN2C(=O)Cc2ccccc2)Oc2ccccc21. The van der Waals surface area contributed by atoms with Gasteiger partial charge in [0.05, 0.1) is 18.7 Å². The number of anilines is 1. The van der Waals surface area contributed by atoms with Gasteiger partial charge in [-0.2, -0.15) is 0 Å². The van der Waals surface area contributed by atoms with Crippen molar-refractivity contribution in [1.82, 2.24) is 4.90 Å². The van der Waals surface area contributed by atoms with Gasteiger partial charge in [0, 0.05) is 13.5 Å². The molecule has 0 N–H and O–H groups in total.